The van der Waals surface area contributed by atoms with E-state index in [9.17, 15) is 30.3 Å². The van der Waals surface area contributed by atoms with E-state index in [1.807, 2.05) is 51.7 Å². The molecule has 14 nitrogen and oxygen atoms in total. The van der Waals surface area contributed by atoms with Crippen molar-refractivity contribution in [1.29, 1.82) is 0 Å². The molecule has 0 amide bonds. The first-order valence-electron chi connectivity index (χ1n) is 18.8. The van der Waals surface area contributed by atoms with E-state index in [0.717, 1.165) is 0 Å². The molecule has 0 bridgehead atoms. The minimum absolute atomic E-state index is 0.137. The minimum atomic E-state index is -1.79. The molecule has 0 aromatic heterocycles. The monoisotopic (exact) mass is 734 g/mol. The average molecular weight is 735 g/mol. The molecular weight excluding hydrogens is 664 g/mol. The summed E-state index contributed by atoms with van der Waals surface area (Å²) in [6.45, 7) is 16.3. The van der Waals surface area contributed by atoms with Crippen molar-refractivity contribution in [3.63, 3.8) is 0 Å². The van der Waals surface area contributed by atoms with E-state index >= 15 is 0 Å². The lowest BCUT2D eigenvalue weighted by Crippen LogP contribution is -2.60. The van der Waals surface area contributed by atoms with E-state index in [2.05, 4.69) is 0 Å². The van der Waals surface area contributed by atoms with Crippen LogP contribution >= 0.6 is 0 Å². The van der Waals surface area contributed by atoms with Gasteiger partial charge in [-0.25, -0.2) is 0 Å². The molecule has 3 aliphatic rings. The highest BCUT2D eigenvalue weighted by Crippen LogP contribution is 2.39. The maximum atomic E-state index is 14.1. The Hall–Kier alpha value is -1.01. The topological polar surface area (TPSA) is 180 Å². The van der Waals surface area contributed by atoms with Crippen molar-refractivity contribution < 1.29 is 58.7 Å². The number of carbonyl (C=O) groups is 1. The second kappa shape index (κ2) is 18.1. The molecule has 0 aromatic carbocycles. The van der Waals surface area contributed by atoms with E-state index in [1.54, 1.807) is 34.6 Å². The fourth-order valence-electron chi connectivity index (χ4n) is 8.47. The van der Waals surface area contributed by atoms with Crippen LogP contribution < -0.4 is 0 Å². The third-order valence-electron chi connectivity index (χ3n) is 11.7. The number of aliphatic hydroxyl groups excluding tert-OH is 3. The van der Waals surface area contributed by atoms with Gasteiger partial charge in [0.25, 0.3) is 0 Å². The Bertz CT molecular complexity index is 1100. The van der Waals surface area contributed by atoms with Crippen LogP contribution in [-0.2, 0) is 33.2 Å². The first-order valence-corrected chi connectivity index (χ1v) is 18.8. The molecule has 51 heavy (non-hydrogen) atoms. The minimum Gasteiger partial charge on any atom is -0.459 e. The molecule has 5 N–H and O–H groups in total. The van der Waals surface area contributed by atoms with E-state index < -0.39 is 96.5 Å². The molecule has 3 rings (SSSR count). The number of nitrogens with zero attached hydrogens (tertiary/aromatic N) is 2. The van der Waals surface area contributed by atoms with Gasteiger partial charge in [-0.15, -0.1) is 0 Å². The molecular formula is C37H70N2O12. The molecule has 3 aliphatic heterocycles. The largest absolute Gasteiger partial charge is 0.459 e. The number of methoxy groups -OCH3 is 1. The fraction of sp³-hybridized carbons (Fsp3) is 0.973. The van der Waals surface area contributed by atoms with Crippen molar-refractivity contribution in [2.75, 3.05) is 34.8 Å². The van der Waals surface area contributed by atoms with Crippen molar-refractivity contribution in [3.05, 3.63) is 0 Å². The molecule has 0 spiro atoms. The standard InChI is InChI=1S/C37H70N2O12/c1-14-27-37(9,45)32(42)23(6)39(12)18-19(2)17-36(8,44)33(51-35-30(41)25(38(10)11)15-20(3)47-35)21(4)31(22(5)34(43)49-27)50-28-16-26(46-13)29(40)24(7)48-28/h19-33,35,40-42,44-45H,14-18H2,1-13H3/t19-,20-,21+,22-,23-,24+,25+,26+,27-,28+,29+,30-,31+,32-,33-,35+,36-,37-/m1/s1. The molecule has 0 aromatic rings. The summed E-state index contributed by atoms with van der Waals surface area (Å²) in [5.74, 6) is -2.55. The van der Waals surface area contributed by atoms with Crippen LogP contribution in [0.2, 0.25) is 0 Å². The summed E-state index contributed by atoms with van der Waals surface area (Å²) < 4.78 is 37.2. The van der Waals surface area contributed by atoms with Gasteiger partial charge < -0.3 is 63.8 Å². The van der Waals surface area contributed by atoms with Gasteiger partial charge in [-0.1, -0.05) is 20.8 Å². The predicted octanol–water partition coefficient (Wildman–Crippen LogP) is 1.51. The van der Waals surface area contributed by atoms with Gasteiger partial charge in [-0.2, -0.15) is 0 Å². The number of esters is 1. The molecule has 300 valence electrons. The zero-order chi connectivity index (χ0) is 38.7. The van der Waals surface area contributed by atoms with Crippen molar-refractivity contribution in [3.8, 4) is 0 Å². The zero-order valence-corrected chi connectivity index (χ0v) is 33.3. The lowest BCUT2D eigenvalue weighted by Gasteiger charge is -2.48. The first-order chi connectivity index (χ1) is 23.6. The number of hydrogen-bond acceptors (Lipinski definition) is 14. The second-order valence-electron chi connectivity index (χ2n) is 16.5. The second-order valence-corrected chi connectivity index (χ2v) is 16.5. The summed E-state index contributed by atoms with van der Waals surface area (Å²) in [6.07, 6.45) is -8.57. The number of carbonyl (C=O) groups excluding carboxylic acids is 1. The van der Waals surface area contributed by atoms with Crippen LogP contribution in [0.25, 0.3) is 0 Å². The summed E-state index contributed by atoms with van der Waals surface area (Å²) >= 11 is 0. The van der Waals surface area contributed by atoms with Crippen LogP contribution in [0.5, 0.6) is 0 Å². The fourth-order valence-corrected chi connectivity index (χ4v) is 8.47. The number of ether oxygens (including phenoxy) is 6. The summed E-state index contributed by atoms with van der Waals surface area (Å²) in [5, 5.41) is 57.8. The Morgan fingerprint density at radius 1 is 0.961 bits per heavy atom. The van der Waals surface area contributed by atoms with Crippen LogP contribution in [0.15, 0.2) is 0 Å². The number of hydrogen-bond donors (Lipinski definition) is 5. The van der Waals surface area contributed by atoms with E-state index in [1.165, 1.54) is 14.0 Å². The Kier molecular flexibility index (Phi) is 15.7. The van der Waals surface area contributed by atoms with Crippen LogP contribution in [0.1, 0.15) is 88.0 Å². The maximum absolute atomic E-state index is 14.1. The molecule has 0 saturated carbocycles. The Morgan fingerprint density at radius 3 is 2.16 bits per heavy atom. The van der Waals surface area contributed by atoms with Gasteiger partial charge in [-0.3, -0.25) is 4.79 Å². The van der Waals surface area contributed by atoms with Crippen molar-refractivity contribution in [2.45, 2.75) is 179 Å². The normalized spacial score (nSPS) is 48.9. The number of rotatable bonds is 7. The highest BCUT2D eigenvalue weighted by atomic mass is 16.7. The lowest BCUT2D eigenvalue weighted by atomic mass is 9.77. The van der Waals surface area contributed by atoms with Gasteiger partial charge in [0.15, 0.2) is 12.6 Å². The van der Waals surface area contributed by atoms with Crippen LogP contribution in [-0.4, -0.2) is 167 Å². The highest BCUT2D eigenvalue weighted by Gasteiger charge is 2.51. The third kappa shape index (κ3) is 10.4. The van der Waals surface area contributed by atoms with Gasteiger partial charge in [0, 0.05) is 38.1 Å². The zero-order valence-electron chi connectivity index (χ0n) is 33.3. The van der Waals surface area contributed by atoms with E-state index in [0.29, 0.717) is 13.0 Å². The summed E-state index contributed by atoms with van der Waals surface area (Å²) in [5.41, 5.74) is -3.34. The van der Waals surface area contributed by atoms with Gasteiger partial charge in [0.05, 0.1) is 42.0 Å². The molecule has 0 aliphatic carbocycles. The molecule has 14 heteroatoms. The number of aliphatic hydroxyl groups is 5. The molecule has 3 fully saturated rings. The number of cyclic esters (lactones) is 1. The molecule has 0 unspecified atom stereocenters. The summed E-state index contributed by atoms with van der Waals surface area (Å²) in [6, 6.07) is -0.800. The maximum Gasteiger partial charge on any atom is 0.311 e. The molecule has 3 saturated heterocycles. The Morgan fingerprint density at radius 2 is 1.59 bits per heavy atom. The molecule has 3 heterocycles. The SMILES string of the molecule is CC[C@H]1OC(=O)[C@H](C)[C@@H](O[C@H]2C[C@H](OC)[C@@H](O)[C@H](C)O2)[C@H](C)[C@@H](O[C@@H]2O[C@H](C)C[C@H](N(C)C)[C@H]2O)[C@](C)(O)C[C@@H](C)CN(C)[C@H](C)[C@@H](O)[C@]1(C)O. The first kappa shape index (κ1) is 44.4. The lowest BCUT2D eigenvalue weighted by molar-refractivity contribution is -0.311. The van der Waals surface area contributed by atoms with Crippen LogP contribution in [0.4, 0.5) is 0 Å². The average Bonchev–Trinajstić information content (AvgIpc) is 3.04. The van der Waals surface area contributed by atoms with Crippen molar-refractivity contribution >= 4 is 5.97 Å². The number of likely N-dealkylation sites (N-methyl/N-ethyl adjacent to an activating group) is 2. The van der Waals surface area contributed by atoms with Gasteiger partial charge in [0.2, 0.25) is 0 Å². The Balaban J connectivity index is 2.15. The molecule has 0 radical (unpaired) electrons. The summed E-state index contributed by atoms with van der Waals surface area (Å²) in [7, 11) is 7.11. The quantitative estimate of drug-likeness (QED) is 0.238. The van der Waals surface area contributed by atoms with Crippen LogP contribution in [0, 0.1) is 17.8 Å². The Labute approximate surface area is 305 Å². The smallest absolute Gasteiger partial charge is 0.311 e. The van der Waals surface area contributed by atoms with Gasteiger partial charge in [0.1, 0.15) is 30.0 Å². The predicted molar refractivity (Wildman–Crippen MR) is 190 cm³/mol. The van der Waals surface area contributed by atoms with Crippen molar-refractivity contribution in [1.82, 2.24) is 9.80 Å². The summed E-state index contributed by atoms with van der Waals surface area (Å²) in [4.78, 5) is 18.0. The van der Waals surface area contributed by atoms with E-state index in [-0.39, 0.29) is 37.3 Å². The van der Waals surface area contributed by atoms with Crippen LogP contribution in [0.3, 0.4) is 0 Å². The van der Waals surface area contributed by atoms with Crippen molar-refractivity contribution in [2.24, 2.45) is 17.8 Å². The molecule has 18 atom stereocenters. The van der Waals surface area contributed by atoms with Gasteiger partial charge in [-0.05, 0) is 87.9 Å². The van der Waals surface area contributed by atoms with Gasteiger partial charge >= 0.3 is 5.97 Å². The third-order valence-corrected chi connectivity index (χ3v) is 11.7. The van der Waals surface area contributed by atoms with E-state index in [4.69, 9.17) is 28.4 Å². The highest BCUT2D eigenvalue weighted by molar-refractivity contribution is 5.73.